The summed E-state index contributed by atoms with van der Waals surface area (Å²) in [6.07, 6.45) is -1.05. The van der Waals surface area contributed by atoms with E-state index in [1.807, 2.05) is 20.8 Å². The summed E-state index contributed by atoms with van der Waals surface area (Å²) in [5.41, 5.74) is 1.39. The van der Waals surface area contributed by atoms with E-state index in [1.165, 1.54) is 0 Å². The van der Waals surface area contributed by atoms with Crippen LogP contribution in [0.3, 0.4) is 0 Å². The van der Waals surface area contributed by atoms with Crippen LogP contribution in [0.4, 0.5) is 0 Å². The summed E-state index contributed by atoms with van der Waals surface area (Å²) in [6, 6.07) is 5.04. The third kappa shape index (κ3) is 2.98. The van der Waals surface area contributed by atoms with Crippen molar-refractivity contribution in [2.75, 3.05) is 0 Å². The molecule has 1 aromatic rings. The van der Waals surface area contributed by atoms with Crippen LogP contribution in [-0.2, 0) is 21.6 Å². The minimum absolute atomic E-state index is 0.0612. The number of carbonyl (C=O) groups excluding carboxylic acids is 1. The number of hydrogen-bond donors (Lipinski definition) is 1. The molecule has 3 nitrogen and oxygen atoms in total. The molecule has 1 rings (SSSR count). The minimum Gasteiger partial charge on any atom is -0.508 e. The fraction of sp³-hybridized carbons (Fsp3) is 0.417. The van der Waals surface area contributed by atoms with Gasteiger partial charge in [-0.15, -0.1) is 0 Å². The molecular weight excluding hydrogens is 192 g/mol. The zero-order valence-corrected chi connectivity index (χ0v) is 9.20. The lowest BCUT2D eigenvalue weighted by Gasteiger charge is -2.21. The van der Waals surface area contributed by atoms with Gasteiger partial charge in [0.1, 0.15) is 12.4 Å². The average Bonchev–Trinajstić information content (AvgIpc) is 2.14. The number of hydrogen-bond acceptors (Lipinski definition) is 3. The van der Waals surface area contributed by atoms with Crippen molar-refractivity contribution in [3.8, 4) is 5.75 Å². The van der Waals surface area contributed by atoms with Crippen LogP contribution >= 0.6 is 0 Å². The van der Waals surface area contributed by atoms with E-state index in [1.54, 1.807) is 18.2 Å². The van der Waals surface area contributed by atoms with E-state index < -0.39 is 6.45 Å². The van der Waals surface area contributed by atoms with E-state index in [0.717, 1.165) is 11.1 Å². The van der Waals surface area contributed by atoms with Gasteiger partial charge in [-0.1, -0.05) is 26.8 Å². The molecule has 0 spiro atoms. The van der Waals surface area contributed by atoms with Crippen molar-refractivity contribution < 1.29 is 16.0 Å². The normalized spacial score (nSPS) is 12.1. The summed E-state index contributed by atoms with van der Waals surface area (Å²) in [4.78, 5) is 10.4. The first-order valence-corrected chi connectivity index (χ1v) is 4.76. The Hall–Kier alpha value is -1.51. The maximum atomic E-state index is 10.4. The minimum atomic E-state index is -1.05. The summed E-state index contributed by atoms with van der Waals surface area (Å²) in [5, 5.41) is 9.70. The number of rotatable bonds is 2. The van der Waals surface area contributed by atoms with Crippen LogP contribution in [0.5, 0.6) is 5.75 Å². The number of phenolic OH excluding ortho intramolecular Hbond substituents is 1. The van der Waals surface area contributed by atoms with E-state index in [2.05, 4.69) is 4.74 Å². The Balaban J connectivity index is 2.94. The molecule has 0 aliphatic heterocycles. The van der Waals surface area contributed by atoms with E-state index in [0.29, 0.717) is 0 Å². The standard InChI is InChI=1S/C12H16O3/c1-12(2,3)10-6-9(7-15-8-13)4-5-11(10)14/h4-6,8,14H,7H2,1-3H3/i8D. The van der Waals surface area contributed by atoms with Crippen LogP contribution in [0.2, 0.25) is 0 Å². The predicted molar refractivity (Wildman–Crippen MR) is 57.7 cm³/mol. The summed E-state index contributed by atoms with van der Waals surface area (Å²) >= 11 is 0. The molecule has 0 saturated carbocycles. The highest BCUT2D eigenvalue weighted by atomic mass is 16.5. The van der Waals surface area contributed by atoms with Gasteiger partial charge in [-0.3, -0.25) is 4.79 Å². The molecule has 0 aliphatic rings. The fourth-order valence-corrected chi connectivity index (χ4v) is 1.39. The van der Waals surface area contributed by atoms with Crippen molar-refractivity contribution in [1.29, 1.82) is 0 Å². The lowest BCUT2D eigenvalue weighted by molar-refractivity contribution is -0.129. The van der Waals surface area contributed by atoms with E-state index in [-0.39, 0.29) is 17.8 Å². The molecule has 0 aliphatic carbocycles. The van der Waals surface area contributed by atoms with Gasteiger partial charge < -0.3 is 9.84 Å². The van der Waals surface area contributed by atoms with Gasteiger partial charge in [0.15, 0.2) is 1.37 Å². The molecule has 0 atom stereocenters. The van der Waals surface area contributed by atoms with Crippen LogP contribution in [-0.4, -0.2) is 11.6 Å². The van der Waals surface area contributed by atoms with Crippen molar-refractivity contribution in [3.05, 3.63) is 29.3 Å². The monoisotopic (exact) mass is 209 g/mol. The SMILES string of the molecule is [2H]C(=O)OCc1ccc(O)c(C(C)(C)C)c1. The van der Waals surface area contributed by atoms with Gasteiger partial charge in [0, 0.05) is 0 Å². The Morgan fingerprint density at radius 1 is 1.53 bits per heavy atom. The molecule has 0 fully saturated rings. The molecule has 3 heteroatoms. The maximum absolute atomic E-state index is 10.4. The Morgan fingerprint density at radius 2 is 2.20 bits per heavy atom. The number of benzene rings is 1. The van der Waals surface area contributed by atoms with Gasteiger partial charge in [-0.2, -0.15) is 0 Å². The second-order valence-corrected chi connectivity index (χ2v) is 4.47. The molecular formula is C12H16O3. The van der Waals surface area contributed by atoms with Gasteiger partial charge in [0.05, 0.1) is 0 Å². The Labute approximate surface area is 91.1 Å². The summed E-state index contributed by atoms with van der Waals surface area (Å²) in [5.74, 6) is 0.230. The molecule has 0 unspecified atom stereocenters. The molecule has 1 aromatic carbocycles. The molecule has 0 aromatic heterocycles. The van der Waals surface area contributed by atoms with Gasteiger partial charge in [-0.05, 0) is 28.7 Å². The second-order valence-electron chi connectivity index (χ2n) is 4.47. The van der Waals surface area contributed by atoms with Crippen molar-refractivity contribution >= 4 is 6.45 Å². The number of aromatic hydroxyl groups is 1. The molecule has 0 bridgehead atoms. The Morgan fingerprint density at radius 3 is 2.73 bits per heavy atom. The van der Waals surface area contributed by atoms with Gasteiger partial charge in [0.25, 0.3) is 6.45 Å². The predicted octanol–water partition coefficient (Wildman–Crippen LogP) is 2.36. The smallest absolute Gasteiger partial charge is 0.293 e. The molecule has 0 heterocycles. The lowest BCUT2D eigenvalue weighted by Crippen LogP contribution is -2.11. The van der Waals surface area contributed by atoms with Gasteiger partial charge in [-0.25, -0.2) is 0 Å². The topological polar surface area (TPSA) is 46.5 Å². The Kier molecular flexibility index (Phi) is 2.90. The lowest BCUT2D eigenvalue weighted by atomic mass is 9.85. The largest absolute Gasteiger partial charge is 0.508 e. The van der Waals surface area contributed by atoms with Gasteiger partial charge >= 0.3 is 0 Å². The maximum Gasteiger partial charge on any atom is 0.293 e. The Bertz CT molecular complexity index is 394. The molecule has 15 heavy (non-hydrogen) atoms. The first-order chi connectivity index (χ1) is 7.30. The summed E-state index contributed by atoms with van der Waals surface area (Å²) < 4.78 is 11.2. The van der Waals surface area contributed by atoms with E-state index in [4.69, 9.17) is 1.37 Å². The first kappa shape index (κ1) is 10.0. The van der Waals surface area contributed by atoms with Crippen LogP contribution in [0.25, 0.3) is 0 Å². The van der Waals surface area contributed by atoms with Crippen molar-refractivity contribution in [2.45, 2.75) is 32.8 Å². The first-order valence-electron chi connectivity index (χ1n) is 5.26. The van der Waals surface area contributed by atoms with Crippen LogP contribution in [0.1, 0.15) is 33.3 Å². The third-order valence-electron chi connectivity index (χ3n) is 2.17. The second kappa shape index (κ2) is 4.34. The quantitative estimate of drug-likeness (QED) is 0.760. The molecule has 0 saturated heterocycles. The third-order valence-corrected chi connectivity index (χ3v) is 2.17. The molecule has 0 radical (unpaired) electrons. The van der Waals surface area contributed by atoms with Crippen molar-refractivity contribution in [2.24, 2.45) is 0 Å². The average molecular weight is 209 g/mol. The fourth-order valence-electron chi connectivity index (χ4n) is 1.39. The zero-order valence-electron chi connectivity index (χ0n) is 10.2. The highest BCUT2D eigenvalue weighted by Gasteiger charge is 2.18. The van der Waals surface area contributed by atoms with Crippen LogP contribution in [0.15, 0.2) is 18.2 Å². The highest BCUT2D eigenvalue weighted by molar-refractivity contribution is 5.41. The van der Waals surface area contributed by atoms with Crippen molar-refractivity contribution in [3.63, 3.8) is 0 Å². The number of carbonyl (C=O) groups is 1. The number of ether oxygens (including phenoxy) is 1. The van der Waals surface area contributed by atoms with Gasteiger partial charge in [0.2, 0.25) is 0 Å². The molecule has 1 N–H and O–H groups in total. The van der Waals surface area contributed by atoms with Crippen molar-refractivity contribution in [1.82, 2.24) is 0 Å². The highest BCUT2D eigenvalue weighted by Crippen LogP contribution is 2.31. The zero-order chi connectivity index (χ0) is 12.3. The van der Waals surface area contributed by atoms with Crippen LogP contribution in [0, 0.1) is 0 Å². The number of phenols is 1. The molecule has 0 amide bonds. The van der Waals surface area contributed by atoms with E-state index in [9.17, 15) is 9.90 Å². The van der Waals surface area contributed by atoms with Crippen LogP contribution < -0.4 is 0 Å². The summed E-state index contributed by atoms with van der Waals surface area (Å²) in [6.45, 7) is 6.03. The molecule has 82 valence electrons. The van der Waals surface area contributed by atoms with E-state index >= 15 is 0 Å². The summed E-state index contributed by atoms with van der Waals surface area (Å²) in [7, 11) is 0.